The Hall–Kier alpha value is -0.780. The first-order chi connectivity index (χ1) is 8.88. The molecule has 2 aliphatic rings. The molecule has 2 atom stereocenters. The summed E-state index contributed by atoms with van der Waals surface area (Å²) in [5.74, 6) is -1.42. The third kappa shape index (κ3) is 3.61. The van der Waals surface area contributed by atoms with E-state index in [1.165, 1.54) is 0 Å². The van der Waals surface area contributed by atoms with E-state index >= 15 is 0 Å². The molecule has 0 saturated heterocycles. The number of alkyl halides is 3. The van der Waals surface area contributed by atoms with E-state index in [2.05, 4.69) is 5.32 Å². The number of carbonyl (C=O) groups is 1. The van der Waals surface area contributed by atoms with Crippen molar-refractivity contribution in [1.29, 1.82) is 0 Å². The molecule has 2 unspecified atom stereocenters. The van der Waals surface area contributed by atoms with Gasteiger partial charge in [-0.15, -0.1) is 0 Å². The number of rotatable bonds is 2. The summed E-state index contributed by atoms with van der Waals surface area (Å²) < 4.78 is 37.6. The lowest BCUT2D eigenvalue weighted by atomic mass is 9.85. The smallest absolute Gasteiger partial charge is 0.353 e. The topological polar surface area (TPSA) is 55.1 Å². The maximum atomic E-state index is 12.5. The number of hydrogen-bond acceptors (Lipinski definition) is 2. The summed E-state index contributed by atoms with van der Waals surface area (Å²) in [4.78, 5) is 12.0. The van der Waals surface area contributed by atoms with Crippen molar-refractivity contribution in [3.8, 4) is 0 Å². The van der Waals surface area contributed by atoms with Gasteiger partial charge in [0.25, 0.3) is 0 Å². The van der Waals surface area contributed by atoms with Crippen LogP contribution in [0, 0.1) is 11.8 Å². The number of nitrogens with two attached hydrogens (primary N) is 1. The third-order valence-corrected chi connectivity index (χ3v) is 4.44. The van der Waals surface area contributed by atoms with Crippen LogP contribution in [0.25, 0.3) is 0 Å². The Morgan fingerprint density at radius 1 is 1.05 bits per heavy atom. The molecule has 0 aromatic rings. The van der Waals surface area contributed by atoms with Gasteiger partial charge in [0.2, 0.25) is 5.91 Å². The van der Waals surface area contributed by atoms with Crippen molar-refractivity contribution in [3.05, 3.63) is 0 Å². The average Bonchev–Trinajstić information content (AvgIpc) is 2.75. The van der Waals surface area contributed by atoms with Crippen LogP contribution in [0.4, 0.5) is 13.2 Å². The fourth-order valence-electron chi connectivity index (χ4n) is 3.19. The molecule has 110 valence electrons. The Labute approximate surface area is 111 Å². The average molecular weight is 278 g/mol. The Bertz CT molecular complexity index is 324. The van der Waals surface area contributed by atoms with E-state index in [1.54, 1.807) is 0 Å². The summed E-state index contributed by atoms with van der Waals surface area (Å²) in [6.45, 7) is 0. The molecule has 0 radical (unpaired) electrons. The van der Waals surface area contributed by atoms with Crippen molar-refractivity contribution in [1.82, 2.24) is 5.32 Å². The predicted molar refractivity (Wildman–Crippen MR) is 65.3 cm³/mol. The summed E-state index contributed by atoms with van der Waals surface area (Å²) in [5, 5.41) is 2.88. The first-order valence-corrected chi connectivity index (χ1v) is 7.00. The third-order valence-electron chi connectivity index (χ3n) is 4.44. The van der Waals surface area contributed by atoms with Crippen LogP contribution in [-0.2, 0) is 4.79 Å². The van der Waals surface area contributed by atoms with Gasteiger partial charge in [0, 0.05) is 12.1 Å². The van der Waals surface area contributed by atoms with Gasteiger partial charge in [-0.05, 0) is 38.5 Å². The Balaban J connectivity index is 1.78. The number of carbonyl (C=O) groups excluding carboxylic acids is 1. The largest absolute Gasteiger partial charge is 0.391 e. The van der Waals surface area contributed by atoms with Crippen LogP contribution in [0.2, 0.25) is 0 Å². The molecule has 2 saturated carbocycles. The molecule has 0 aromatic heterocycles. The second-order valence-electron chi connectivity index (χ2n) is 5.80. The molecule has 2 rings (SSSR count). The fraction of sp³-hybridized carbons (Fsp3) is 0.923. The van der Waals surface area contributed by atoms with Crippen LogP contribution in [-0.4, -0.2) is 24.2 Å². The van der Waals surface area contributed by atoms with E-state index in [0.29, 0.717) is 12.8 Å². The van der Waals surface area contributed by atoms with Crippen LogP contribution in [0.1, 0.15) is 44.9 Å². The molecule has 19 heavy (non-hydrogen) atoms. The minimum Gasteiger partial charge on any atom is -0.353 e. The van der Waals surface area contributed by atoms with Crippen molar-refractivity contribution in [2.24, 2.45) is 17.6 Å². The van der Waals surface area contributed by atoms with Gasteiger partial charge in [-0.2, -0.15) is 13.2 Å². The molecule has 0 aromatic carbocycles. The Kier molecular flexibility index (Phi) is 4.38. The second-order valence-corrected chi connectivity index (χ2v) is 5.80. The Morgan fingerprint density at radius 3 is 2.16 bits per heavy atom. The molecule has 1 amide bonds. The number of hydrogen-bond donors (Lipinski definition) is 2. The van der Waals surface area contributed by atoms with Gasteiger partial charge in [-0.3, -0.25) is 4.79 Å². The van der Waals surface area contributed by atoms with Gasteiger partial charge >= 0.3 is 6.18 Å². The van der Waals surface area contributed by atoms with Crippen LogP contribution < -0.4 is 11.1 Å². The standard InChI is InChI=1S/C13H21F3N2O/c14-13(15,16)8-4-6-9(7-5-8)18-12(19)10-2-1-3-11(10)17/h8-11H,1-7,17H2,(H,18,19). The lowest BCUT2D eigenvalue weighted by Gasteiger charge is -2.31. The van der Waals surface area contributed by atoms with Crippen LogP contribution >= 0.6 is 0 Å². The zero-order valence-electron chi connectivity index (χ0n) is 10.9. The highest BCUT2D eigenvalue weighted by Gasteiger charge is 2.42. The minimum absolute atomic E-state index is 0.0690. The van der Waals surface area contributed by atoms with E-state index in [1.807, 2.05) is 0 Å². The van der Waals surface area contributed by atoms with Gasteiger partial charge < -0.3 is 11.1 Å². The van der Waals surface area contributed by atoms with Gasteiger partial charge in [-0.1, -0.05) is 6.42 Å². The SMILES string of the molecule is NC1CCCC1C(=O)NC1CCC(C(F)(F)F)CC1. The summed E-state index contributed by atoms with van der Waals surface area (Å²) in [6.07, 6.45) is -0.418. The lowest BCUT2D eigenvalue weighted by Crippen LogP contribution is -2.45. The normalized spacial score (nSPS) is 36.2. The summed E-state index contributed by atoms with van der Waals surface area (Å²) in [5.41, 5.74) is 5.85. The van der Waals surface area contributed by atoms with E-state index < -0.39 is 12.1 Å². The quantitative estimate of drug-likeness (QED) is 0.814. The highest BCUT2D eigenvalue weighted by atomic mass is 19.4. The monoisotopic (exact) mass is 278 g/mol. The summed E-state index contributed by atoms with van der Waals surface area (Å²) >= 11 is 0. The van der Waals surface area contributed by atoms with Crippen molar-refractivity contribution >= 4 is 5.91 Å². The van der Waals surface area contributed by atoms with Crippen LogP contribution in [0.5, 0.6) is 0 Å². The van der Waals surface area contributed by atoms with Crippen molar-refractivity contribution in [3.63, 3.8) is 0 Å². The fourth-order valence-corrected chi connectivity index (χ4v) is 3.19. The first-order valence-electron chi connectivity index (χ1n) is 7.00. The van der Waals surface area contributed by atoms with Crippen molar-refractivity contribution in [2.75, 3.05) is 0 Å². The molecule has 2 aliphatic carbocycles. The molecule has 3 N–H and O–H groups in total. The molecule has 3 nitrogen and oxygen atoms in total. The van der Waals surface area contributed by atoms with E-state index in [-0.39, 0.29) is 36.8 Å². The summed E-state index contributed by atoms with van der Waals surface area (Å²) in [6, 6.07) is -0.203. The predicted octanol–water partition coefficient (Wildman–Crippen LogP) is 2.35. The van der Waals surface area contributed by atoms with E-state index in [0.717, 1.165) is 19.3 Å². The van der Waals surface area contributed by atoms with Gasteiger partial charge in [0.05, 0.1) is 11.8 Å². The summed E-state index contributed by atoms with van der Waals surface area (Å²) in [7, 11) is 0. The second kappa shape index (κ2) is 5.69. The number of nitrogens with one attached hydrogen (secondary N) is 1. The van der Waals surface area contributed by atoms with E-state index in [9.17, 15) is 18.0 Å². The maximum Gasteiger partial charge on any atom is 0.391 e. The van der Waals surface area contributed by atoms with Crippen LogP contribution in [0.3, 0.4) is 0 Å². The van der Waals surface area contributed by atoms with Crippen molar-refractivity contribution in [2.45, 2.75) is 63.2 Å². The zero-order chi connectivity index (χ0) is 14.0. The number of amides is 1. The van der Waals surface area contributed by atoms with Gasteiger partial charge in [0.15, 0.2) is 0 Å². The molecule has 0 bridgehead atoms. The van der Waals surface area contributed by atoms with E-state index in [4.69, 9.17) is 5.73 Å². The molecule has 0 heterocycles. The molecule has 0 spiro atoms. The Morgan fingerprint density at radius 2 is 1.68 bits per heavy atom. The molecule has 0 aliphatic heterocycles. The zero-order valence-corrected chi connectivity index (χ0v) is 10.9. The maximum absolute atomic E-state index is 12.5. The first kappa shape index (κ1) is 14.6. The molecule has 6 heteroatoms. The van der Waals surface area contributed by atoms with Gasteiger partial charge in [-0.25, -0.2) is 0 Å². The van der Waals surface area contributed by atoms with Crippen LogP contribution in [0.15, 0.2) is 0 Å². The minimum atomic E-state index is -4.09. The molecular formula is C13H21F3N2O. The molecular weight excluding hydrogens is 257 g/mol. The molecule has 2 fully saturated rings. The van der Waals surface area contributed by atoms with Crippen molar-refractivity contribution < 1.29 is 18.0 Å². The highest BCUT2D eigenvalue weighted by molar-refractivity contribution is 5.80. The van der Waals surface area contributed by atoms with Gasteiger partial charge in [0.1, 0.15) is 0 Å². The number of halogens is 3. The highest BCUT2D eigenvalue weighted by Crippen LogP contribution is 2.37. The lowest BCUT2D eigenvalue weighted by molar-refractivity contribution is -0.182.